The topological polar surface area (TPSA) is 38.3 Å². The monoisotopic (exact) mass is 461 g/mol. The number of nitrogens with one attached hydrogen (secondary N) is 1. The molecule has 1 N–H and O–H groups in total. The molecule has 0 fully saturated rings. The summed E-state index contributed by atoms with van der Waals surface area (Å²) in [7, 11) is 0. The lowest BCUT2D eigenvalue weighted by Gasteiger charge is -2.09. The number of rotatable bonds is 6. The van der Waals surface area contributed by atoms with Crippen molar-refractivity contribution in [3.63, 3.8) is 0 Å². The summed E-state index contributed by atoms with van der Waals surface area (Å²) in [5.41, 5.74) is 2.53. The molecule has 0 radical (unpaired) electrons. The largest absolute Gasteiger partial charge is 0.489 e. The highest BCUT2D eigenvalue weighted by Crippen LogP contribution is 2.15. The van der Waals surface area contributed by atoms with Gasteiger partial charge in [0.25, 0.3) is 5.91 Å². The van der Waals surface area contributed by atoms with Crippen LogP contribution in [0.2, 0.25) is 0 Å². The van der Waals surface area contributed by atoms with E-state index in [4.69, 9.17) is 4.74 Å². The minimum Gasteiger partial charge on any atom is -0.489 e. The summed E-state index contributed by atoms with van der Waals surface area (Å²) in [5.74, 6) is 0.366. The Morgan fingerprint density at radius 1 is 0.885 bits per heavy atom. The molecule has 0 heterocycles. The number of halogens is 2. The van der Waals surface area contributed by atoms with Crippen LogP contribution in [-0.4, -0.2) is 5.91 Å². The zero-order chi connectivity index (χ0) is 18.4. The predicted octanol–water partition coefficient (Wildman–Crippen LogP) is 4.94. The smallest absolute Gasteiger partial charge is 0.251 e. The van der Waals surface area contributed by atoms with Crippen LogP contribution in [0.15, 0.2) is 72.8 Å². The average Bonchev–Trinajstić information content (AvgIpc) is 2.67. The third-order valence-electron chi connectivity index (χ3n) is 3.80. The molecule has 132 valence electrons. The second-order valence-corrected chi connectivity index (χ2v) is 6.99. The van der Waals surface area contributed by atoms with E-state index in [0.717, 1.165) is 20.4 Å². The fourth-order valence-electron chi connectivity index (χ4n) is 2.34. The van der Waals surface area contributed by atoms with Gasteiger partial charge in [0, 0.05) is 15.7 Å². The lowest BCUT2D eigenvalue weighted by atomic mass is 10.2. The standard InChI is InChI=1S/C21H17FINO2/c22-18-7-1-16(2-8-18)14-26-20-11-3-15(4-12-20)13-24-21(25)17-5-9-19(23)10-6-17/h1-12H,13-14H2,(H,24,25). The van der Waals surface area contributed by atoms with Crippen LogP contribution in [0.1, 0.15) is 21.5 Å². The molecule has 0 aliphatic rings. The maximum atomic E-state index is 12.9. The van der Waals surface area contributed by atoms with E-state index in [-0.39, 0.29) is 11.7 Å². The zero-order valence-corrected chi connectivity index (χ0v) is 16.1. The Morgan fingerprint density at radius 3 is 2.15 bits per heavy atom. The first-order chi connectivity index (χ1) is 12.6. The van der Waals surface area contributed by atoms with Crippen molar-refractivity contribution in [3.05, 3.63) is 98.9 Å². The van der Waals surface area contributed by atoms with Gasteiger partial charge in [-0.05, 0) is 82.2 Å². The summed E-state index contributed by atoms with van der Waals surface area (Å²) in [6.07, 6.45) is 0. The summed E-state index contributed by atoms with van der Waals surface area (Å²) < 4.78 is 19.7. The molecular weight excluding hydrogens is 444 g/mol. The maximum absolute atomic E-state index is 12.9. The highest BCUT2D eigenvalue weighted by molar-refractivity contribution is 14.1. The number of carbonyl (C=O) groups excluding carboxylic acids is 1. The molecule has 26 heavy (non-hydrogen) atoms. The van der Waals surface area contributed by atoms with Gasteiger partial charge in [0.1, 0.15) is 18.2 Å². The number of ether oxygens (including phenoxy) is 1. The SMILES string of the molecule is O=C(NCc1ccc(OCc2ccc(F)cc2)cc1)c1ccc(I)cc1. The van der Waals surface area contributed by atoms with E-state index in [1.807, 2.05) is 48.5 Å². The van der Waals surface area contributed by atoms with E-state index < -0.39 is 0 Å². The van der Waals surface area contributed by atoms with Gasteiger partial charge in [0.15, 0.2) is 0 Å². The summed E-state index contributed by atoms with van der Waals surface area (Å²) in [4.78, 5) is 12.1. The first-order valence-corrected chi connectivity index (χ1v) is 9.18. The molecule has 0 unspecified atom stereocenters. The van der Waals surface area contributed by atoms with Gasteiger partial charge in [-0.3, -0.25) is 4.79 Å². The second kappa shape index (κ2) is 8.80. The van der Waals surface area contributed by atoms with E-state index in [1.165, 1.54) is 12.1 Å². The fraction of sp³-hybridized carbons (Fsp3) is 0.0952. The Bertz CT molecular complexity index is 862. The Labute approximate surface area is 165 Å². The molecule has 3 aromatic carbocycles. The summed E-state index contributed by atoms with van der Waals surface area (Å²) >= 11 is 2.21. The first kappa shape index (κ1) is 18.4. The number of carbonyl (C=O) groups is 1. The van der Waals surface area contributed by atoms with Crippen molar-refractivity contribution in [2.24, 2.45) is 0 Å². The molecule has 0 aliphatic heterocycles. The molecule has 0 spiro atoms. The average molecular weight is 461 g/mol. The Morgan fingerprint density at radius 2 is 1.50 bits per heavy atom. The molecule has 0 bridgehead atoms. The van der Waals surface area contributed by atoms with Crippen LogP contribution in [0.25, 0.3) is 0 Å². The van der Waals surface area contributed by atoms with Gasteiger partial charge >= 0.3 is 0 Å². The lowest BCUT2D eigenvalue weighted by molar-refractivity contribution is 0.0951. The van der Waals surface area contributed by atoms with Gasteiger partial charge in [-0.15, -0.1) is 0 Å². The van der Waals surface area contributed by atoms with Crippen molar-refractivity contribution in [2.75, 3.05) is 0 Å². The Balaban J connectivity index is 1.50. The van der Waals surface area contributed by atoms with E-state index in [0.29, 0.717) is 18.7 Å². The Hall–Kier alpha value is -2.41. The summed E-state index contributed by atoms with van der Waals surface area (Å²) in [6.45, 7) is 0.826. The quantitative estimate of drug-likeness (QED) is 0.529. The molecule has 0 aliphatic carbocycles. The van der Waals surface area contributed by atoms with Crippen LogP contribution in [0, 0.1) is 9.39 Å². The fourth-order valence-corrected chi connectivity index (χ4v) is 2.70. The number of benzene rings is 3. The van der Waals surface area contributed by atoms with Crippen LogP contribution >= 0.6 is 22.6 Å². The highest BCUT2D eigenvalue weighted by Gasteiger charge is 2.05. The molecule has 0 aromatic heterocycles. The van der Waals surface area contributed by atoms with Crippen molar-refractivity contribution in [1.82, 2.24) is 5.32 Å². The van der Waals surface area contributed by atoms with Crippen molar-refractivity contribution < 1.29 is 13.9 Å². The van der Waals surface area contributed by atoms with Gasteiger partial charge in [-0.1, -0.05) is 24.3 Å². The maximum Gasteiger partial charge on any atom is 0.251 e. The highest BCUT2D eigenvalue weighted by atomic mass is 127. The minimum absolute atomic E-state index is 0.0990. The summed E-state index contributed by atoms with van der Waals surface area (Å²) in [6, 6.07) is 21.2. The van der Waals surface area contributed by atoms with Crippen LogP contribution in [0.4, 0.5) is 4.39 Å². The van der Waals surface area contributed by atoms with E-state index in [2.05, 4.69) is 27.9 Å². The predicted molar refractivity (Wildman–Crippen MR) is 108 cm³/mol. The third-order valence-corrected chi connectivity index (χ3v) is 4.52. The normalized spacial score (nSPS) is 10.4. The van der Waals surface area contributed by atoms with Crippen molar-refractivity contribution in [1.29, 1.82) is 0 Å². The summed E-state index contributed by atoms with van der Waals surface area (Å²) in [5, 5.41) is 2.90. The van der Waals surface area contributed by atoms with Crippen LogP contribution in [0.5, 0.6) is 5.75 Å². The molecule has 1 amide bonds. The molecule has 0 saturated carbocycles. The molecule has 3 aromatic rings. The van der Waals surface area contributed by atoms with Crippen LogP contribution in [0.3, 0.4) is 0 Å². The molecule has 5 heteroatoms. The van der Waals surface area contributed by atoms with E-state index >= 15 is 0 Å². The van der Waals surface area contributed by atoms with Gasteiger partial charge in [-0.25, -0.2) is 4.39 Å². The molecule has 3 nitrogen and oxygen atoms in total. The van der Waals surface area contributed by atoms with Gasteiger partial charge < -0.3 is 10.1 Å². The van der Waals surface area contributed by atoms with Crippen LogP contribution in [-0.2, 0) is 13.2 Å². The molecular formula is C21H17FINO2. The third kappa shape index (κ3) is 5.29. The van der Waals surface area contributed by atoms with E-state index in [9.17, 15) is 9.18 Å². The van der Waals surface area contributed by atoms with Gasteiger partial charge in [-0.2, -0.15) is 0 Å². The Kier molecular flexibility index (Phi) is 6.22. The number of hydrogen-bond acceptors (Lipinski definition) is 2. The van der Waals surface area contributed by atoms with Crippen molar-refractivity contribution >= 4 is 28.5 Å². The second-order valence-electron chi connectivity index (χ2n) is 5.75. The zero-order valence-electron chi connectivity index (χ0n) is 13.9. The molecule has 0 saturated heterocycles. The first-order valence-electron chi connectivity index (χ1n) is 8.10. The molecule has 0 atom stereocenters. The molecule has 3 rings (SSSR count). The van der Waals surface area contributed by atoms with Crippen molar-refractivity contribution in [2.45, 2.75) is 13.2 Å². The number of amides is 1. The van der Waals surface area contributed by atoms with E-state index in [1.54, 1.807) is 12.1 Å². The minimum atomic E-state index is -0.259. The van der Waals surface area contributed by atoms with Crippen LogP contribution < -0.4 is 10.1 Å². The van der Waals surface area contributed by atoms with Gasteiger partial charge in [0.2, 0.25) is 0 Å². The van der Waals surface area contributed by atoms with Gasteiger partial charge in [0.05, 0.1) is 0 Å². The lowest BCUT2D eigenvalue weighted by Crippen LogP contribution is -2.22. The van der Waals surface area contributed by atoms with Crippen molar-refractivity contribution in [3.8, 4) is 5.75 Å². The number of hydrogen-bond donors (Lipinski definition) is 1.